The van der Waals surface area contributed by atoms with Crippen molar-refractivity contribution in [3.05, 3.63) is 47.2 Å². The first-order chi connectivity index (χ1) is 8.85. The molecule has 0 amide bonds. The Kier molecular flexibility index (Phi) is 4.66. The zero-order valence-electron chi connectivity index (χ0n) is 11.3. The summed E-state index contributed by atoms with van der Waals surface area (Å²) in [4.78, 5) is 0. The molecule has 0 spiro atoms. The van der Waals surface area contributed by atoms with Crippen LogP contribution >= 0.6 is 0 Å². The molecular formula is C17H22O. The zero-order valence-corrected chi connectivity index (χ0v) is 11.3. The van der Waals surface area contributed by atoms with Gasteiger partial charge in [-0.25, -0.2) is 0 Å². The van der Waals surface area contributed by atoms with E-state index in [1.54, 1.807) is 0 Å². The predicted molar refractivity (Wildman–Crippen MR) is 76.2 cm³/mol. The fraction of sp³-hybridized carbons (Fsp3) is 0.471. The van der Waals surface area contributed by atoms with Crippen molar-refractivity contribution < 1.29 is 4.74 Å². The van der Waals surface area contributed by atoms with Crippen LogP contribution in [0.15, 0.2) is 30.5 Å². The summed E-state index contributed by atoms with van der Waals surface area (Å²) in [5.41, 5.74) is 6.73. The SMILES string of the molecule is C=C=C1OCc2cc(CCCCCCC)ccc21. The van der Waals surface area contributed by atoms with Gasteiger partial charge in [-0.1, -0.05) is 57.0 Å². The minimum Gasteiger partial charge on any atom is -0.481 e. The molecule has 96 valence electrons. The Morgan fingerprint density at radius 3 is 2.83 bits per heavy atom. The Bertz CT molecular complexity index is 453. The van der Waals surface area contributed by atoms with Gasteiger partial charge in [0.25, 0.3) is 0 Å². The lowest BCUT2D eigenvalue weighted by atomic mass is 10.0. The van der Waals surface area contributed by atoms with E-state index in [1.807, 2.05) is 0 Å². The van der Waals surface area contributed by atoms with Crippen LogP contribution in [-0.4, -0.2) is 0 Å². The van der Waals surface area contributed by atoms with Crippen LogP contribution in [0.5, 0.6) is 0 Å². The highest BCUT2D eigenvalue weighted by Crippen LogP contribution is 2.29. The molecule has 1 nitrogen and oxygen atoms in total. The molecule has 1 aliphatic heterocycles. The van der Waals surface area contributed by atoms with E-state index in [2.05, 4.69) is 37.4 Å². The fourth-order valence-corrected chi connectivity index (χ4v) is 2.45. The van der Waals surface area contributed by atoms with Gasteiger partial charge in [-0.2, -0.15) is 0 Å². The molecule has 2 rings (SSSR count). The number of hydrogen-bond acceptors (Lipinski definition) is 1. The second-order valence-electron chi connectivity index (χ2n) is 4.95. The molecule has 1 heterocycles. The van der Waals surface area contributed by atoms with Crippen LogP contribution in [-0.2, 0) is 17.8 Å². The summed E-state index contributed by atoms with van der Waals surface area (Å²) in [6, 6.07) is 6.64. The van der Waals surface area contributed by atoms with Crippen molar-refractivity contribution in [2.45, 2.75) is 52.1 Å². The lowest BCUT2D eigenvalue weighted by Crippen LogP contribution is -1.89. The Morgan fingerprint density at radius 2 is 2.06 bits per heavy atom. The minimum atomic E-state index is 0.677. The average Bonchev–Trinajstić information content (AvgIpc) is 2.80. The van der Waals surface area contributed by atoms with E-state index in [4.69, 9.17) is 4.74 Å². The van der Waals surface area contributed by atoms with Crippen molar-refractivity contribution in [1.29, 1.82) is 0 Å². The zero-order chi connectivity index (χ0) is 12.8. The van der Waals surface area contributed by atoms with Crippen LogP contribution in [0.4, 0.5) is 0 Å². The molecule has 0 atom stereocenters. The molecule has 0 saturated carbocycles. The molecule has 1 heteroatoms. The van der Waals surface area contributed by atoms with E-state index in [0.29, 0.717) is 6.61 Å². The number of ether oxygens (including phenoxy) is 1. The molecule has 0 unspecified atom stereocenters. The van der Waals surface area contributed by atoms with Crippen LogP contribution < -0.4 is 0 Å². The van der Waals surface area contributed by atoms with Gasteiger partial charge in [-0.15, -0.1) is 0 Å². The highest BCUT2D eigenvalue weighted by molar-refractivity contribution is 5.65. The van der Waals surface area contributed by atoms with E-state index in [9.17, 15) is 0 Å². The number of unbranched alkanes of at least 4 members (excludes halogenated alkanes) is 4. The van der Waals surface area contributed by atoms with Gasteiger partial charge in [0.05, 0.1) is 0 Å². The summed E-state index contributed by atoms with van der Waals surface area (Å²) in [5, 5.41) is 0. The molecule has 18 heavy (non-hydrogen) atoms. The van der Waals surface area contributed by atoms with Crippen molar-refractivity contribution in [2.75, 3.05) is 0 Å². The second-order valence-corrected chi connectivity index (χ2v) is 4.95. The van der Waals surface area contributed by atoms with Gasteiger partial charge in [0.15, 0.2) is 5.76 Å². The van der Waals surface area contributed by atoms with E-state index < -0.39 is 0 Å². The Hall–Kier alpha value is -1.46. The molecule has 0 bridgehead atoms. The first-order valence-corrected chi connectivity index (χ1v) is 7.00. The molecule has 1 aromatic rings. The Morgan fingerprint density at radius 1 is 1.22 bits per heavy atom. The van der Waals surface area contributed by atoms with Crippen LogP contribution in [0, 0.1) is 0 Å². The molecule has 0 aromatic heterocycles. The third-order valence-electron chi connectivity index (χ3n) is 3.52. The summed E-state index contributed by atoms with van der Waals surface area (Å²) in [6.07, 6.45) is 7.87. The van der Waals surface area contributed by atoms with Gasteiger partial charge >= 0.3 is 0 Å². The van der Waals surface area contributed by atoms with Crippen molar-refractivity contribution in [3.63, 3.8) is 0 Å². The smallest absolute Gasteiger partial charge is 0.169 e. The Balaban J connectivity index is 1.90. The number of benzene rings is 1. The van der Waals surface area contributed by atoms with Crippen molar-refractivity contribution in [3.8, 4) is 0 Å². The van der Waals surface area contributed by atoms with Gasteiger partial charge in [-0.3, -0.25) is 0 Å². The molecule has 0 saturated heterocycles. The van der Waals surface area contributed by atoms with Gasteiger partial charge in [-0.05, 0) is 24.5 Å². The van der Waals surface area contributed by atoms with Crippen LogP contribution in [0.1, 0.15) is 55.7 Å². The maximum atomic E-state index is 5.53. The third kappa shape index (κ3) is 3.05. The topological polar surface area (TPSA) is 9.23 Å². The first-order valence-electron chi connectivity index (χ1n) is 7.00. The fourth-order valence-electron chi connectivity index (χ4n) is 2.45. The number of fused-ring (bicyclic) bond motifs is 1. The van der Waals surface area contributed by atoms with Crippen molar-refractivity contribution in [1.82, 2.24) is 0 Å². The lowest BCUT2D eigenvalue weighted by molar-refractivity contribution is 0.286. The Labute approximate surface area is 110 Å². The summed E-state index contributed by atoms with van der Waals surface area (Å²) in [5.74, 6) is 0.805. The monoisotopic (exact) mass is 242 g/mol. The third-order valence-corrected chi connectivity index (χ3v) is 3.52. The largest absolute Gasteiger partial charge is 0.481 e. The minimum absolute atomic E-state index is 0.677. The second kappa shape index (κ2) is 6.47. The van der Waals surface area contributed by atoms with E-state index in [0.717, 1.165) is 5.76 Å². The molecule has 0 aliphatic carbocycles. The van der Waals surface area contributed by atoms with Gasteiger partial charge < -0.3 is 4.74 Å². The molecule has 1 aliphatic rings. The van der Waals surface area contributed by atoms with E-state index in [1.165, 1.54) is 55.2 Å². The van der Waals surface area contributed by atoms with E-state index >= 15 is 0 Å². The molecule has 0 N–H and O–H groups in total. The van der Waals surface area contributed by atoms with Crippen LogP contribution in [0.25, 0.3) is 5.76 Å². The van der Waals surface area contributed by atoms with Crippen molar-refractivity contribution in [2.24, 2.45) is 0 Å². The normalized spacial score (nSPS) is 13.1. The average molecular weight is 242 g/mol. The maximum absolute atomic E-state index is 5.53. The van der Waals surface area contributed by atoms with Crippen molar-refractivity contribution >= 4 is 5.76 Å². The summed E-state index contributed by atoms with van der Waals surface area (Å²) < 4.78 is 5.53. The summed E-state index contributed by atoms with van der Waals surface area (Å²) in [7, 11) is 0. The number of hydrogen-bond donors (Lipinski definition) is 0. The molecule has 0 fully saturated rings. The first kappa shape index (κ1) is 13.0. The van der Waals surface area contributed by atoms with Gasteiger partial charge in [0, 0.05) is 11.1 Å². The van der Waals surface area contributed by atoms with Gasteiger partial charge in [0.2, 0.25) is 0 Å². The standard InChI is InChI=1S/C17H22O/c1-3-5-6-7-8-9-14-10-11-16-15(12-14)13-18-17(16)4-2/h10-12H,2-3,5-9,13H2,1H3. The predicted octanol–water partition coefficient (Wildman–Crippen LogP) is 4.86. The molecular weight excluding hydrogens is 220 g/mol. The van der Waals surface area contributed by atoms with Crippen LogP contribution in [0.2, 0.25) is 0 Å². The van der Waals surface area contributed by atoms with Crippen LogP contribution in [0.3, 0.4) is 0 Å². The summed E-state index contributed by atoms with van der Waals surface area (Å²) in [6.45, 7) is 6.59. The molecule has 0 radical (unpaired) electrons. The summed E-state index contributed by atoms with van der Waals surface area (Å²) >= 11 is 0. The van der Waals surface area contributed by atoms with E-state index in [-0.39, 0.29) is 0 Å². The van der Waals surface area contributed by atoms with Gasteiger partial charge in [0.1, 0.15) is 6.61 Å². The number of rotatable bonds is 6. The maximum Gasteiger partial charge on any atom is 0.169 e. The lowest BCUT2D eigenvalue weighted by Gasteiger charge is -2.03. The quantitative estimate of drug-likeness (QED) is 0.511. The highest BCUT2D eigenvalue weighted by Gasteiger charge is 2.16. The number of aryl methyl sites for hydroxylation is 1. The highest BCUT2D eigenvalue weighted by atomic mass is 16.5. The molecule has 1 aromatic carbocycles.